The van der Waals surface area contributed by atoms with E-state index in [0.29, 0.717) is 17.1 Å². The van der Waals surface area contributed by atoms with Gasteiger partial charge in [0.15, 0.2) is 0 Å². The third kappa shape index (κ3) is 5.11. The summed E-state index contributed by atoms with van der Waals surface area (Å²) in [6.45, 7) is 4.07. The smallest absolute Gasteiger partial charge is 0.254 e. The highest BCUT2D eigenvalue weighted by atomic mass is 16.5. The van der Waals surface area contributed by atoms with E-state index in [1.54, 1.807) is 32.4 Å². The number of amides is 1. The molecule has 2 aromatic carbocycles. The molecule has 0 atom stereocenters. The van der Waals surface area contributed by atoms with Crippen LogP contribution in [0.5, 0.6) is 11.5 Å². The molecule has 0 aliphatic carbocycles. The number of carbonyl (C=O) groups excluding carboxylic acids is 1. The number of methoxy groups -OCH3 is 2. The fraction of sp³-hybridized carbons (Fsp3) is 0.318. The van der Waals surface area contributed by atoms with Gasteiger partial charge in [0.25, 0.3) is 5.91 Å². The molecule has 27 heavy (non-hydrogen) atoms. The van der Waals surface area contributed by atoms with Crippen molar-refractivity contribution in [3.63, 3.8) is 0 Å². The lowest BCUT2D eigenvalue weighted by molar-refractivity contribution is 0.0649. The van der Waals surface area contributed by atoms with Gasteiger partial charge in [-0.15, -0.1) is 0 Å². The van der Waals surface area contributed by atoms with Crippen LogP contribution >= 0.6 is 0 Å². The highest BCUT2D eigenvalue weighted by molar-refractivity contribution is 5.95. The molecule has 0 aromatic heterocycles. The molecule has 0 bridgehead atoms. The van der Waals surface area contributed by atoms with Crippen molar-refractivity contribution in [3.8, 4) is 11.5 Å². The average molecular weight is 366 g/mol. The first-order chi connectivity index (χ1) is 13.2. The minimum atomic E-state index is 0.0201. The second-order valence-electron chi connectivity index (χ2n) is 6.51. The van der Waals surface area contributed by atoms with Crippen LogP contribution in [0.15, 0.2) is 54.6 Å². The molecule has 2 aromatic rings. The zero-order valence-electron chi connectivity index (χ0n) is 15.9. The van der Waals surface area contributed by atoms with Crippen molar-refractivity contribution in [2.75, 3.05) is 46.9 Å². The van der Waals surface area contributed by atoms with Gasteiger partial charge in [-0.2, -0.15) is 0 Å². The monoisotopic (exact) mass is 366 g/mol. The van der Waals surface area contributed by atoms with Crippen LogP contribution in [0.25, 0.3) is 6.08 Å². The maximum absolute atomic E-state index is 12.8. The lowest BCUT2D eigenvalue weighted by Gasteiger charge is -2.34. The van der Waals surface area contributed by atoms with Crippen LogP contribution in [0, 0.1) is 0 Å². The van der Waals surface area contributed by atoms with E-state index in [1.807, 2.05) is 23.1 Å². The largest absolute Gasteiger partial charge is 0.497 e. The Balaban J connectivity index is 1.54. The number of benzene rings is 2. The first kappa shape index (κ1) is 19.0. The third-order valence-electron chi connectivity index (χ3n) is 4.73. The van der Waals surface area contributed by atoms with E-state index >= 15 is 0 Å². The number of carbonyl (C=O) groups is 1. The minimum Gasteiger partial charge on any atom is -0.497 e. The minimum absolute atomic E-state index is 0.0201. The summed E-state index contributed by atoms with van der Waals surface area (Å²) < 4.78 is 10.5. The van der Waals surface area contributed by atoms with Gasteiger partial charge in [0.1, 0.15) is 11.5 Å². The summed E-state index contributed by atoms with van der Waals surface area (Å²) in [6, 6.07) is 15.6. The fourth-order valence-electron chi connectivity index (χ4n) is 3.15. The number of hydrogen-bond acceptors (Lipinski definition) is 4. The van der Waals surface area contributed by atoms with Gasteiger partial charge in [-0.1, -0.05) is 42.5 Å². The van der Waals surface area contributed by atoms with E-state index in [2.05, 4.69) is 29.2 Å². The second-order valence-corrected chi connectivity index (χ2v) is 6.51. The summed E-state index contributed by atoms with van der Waals surface area (Å²) in [7, 11) is 3.18. The molecule has 1 fully saturated rings. The highest BCUT2D eigenvalue weighted by Gasteiger charge is 2.22. The zero-order valence-corrected chi connectivity index (χ0v) is 15.9. The van der Waals surface area contributed by atoms with E-state index in [4.69, 9.17) is 9.47 Å². The van der Waals surface area contributed by atoms with E-state index in [1.165, 1.54) is 5.56 Å². The number of rotatable bonds is 6. The molecule has 1 saturated heterocycles. The van der Waals surface area contributed by atoms with Crippen LogP contribution in [0.4, 0.5) is 0 Å². The summed E-state index contributed by atoms with van der Waals surface area (Å²) in [5, 5.41) is 0. The lowest BCUT2D eigenvalue weighted by atomic mass is 10.1. The maximum Gasteiger partial charge on any atom is 0.254 e. The maximum atomic E-state index is 12.8. The van der Waals surface area contributed by atoms with E-state index in [9.17, 15) is 4.79 Å². The highest BCUT2D eigenvalue weighted by Crippen LogP contribution is 2.23. The van der Waals surface area contributed by atoms with Gasteiger partial charge in [0, 0.05) is 44.4 Å². The van der Waals surface area contributed by atoms with Gasteiger partial charge >= 0.3 is 0 Å². The number of ether oxygens (including phenoxy) is 2. The lowest BCUT2D eigenvalue weighted by Crippen LogP contribution is -2.48. The van der Waals surface area contributed by atoms with Crippen LogP contribution in [-0.4, -0.2) is 62.7 Å². The predicted molar refractivity (Wildman–Crippen MR) is 107 cm³/mol. The van der Waals surface area contributed by atoms with Crippen molar-refractivity contribution >= 4 is 12.0 Å². The molecule has 3 rings (SSSR count). The van der Waals surface area contributed by atoms with Crippen molar-refractivity contribution in [2.24, 2.45) is 0 Å². The van der Waals surface area contributed by atoms with Gasteiger partial charge in [0.2, 0.25) is 0 Å². The van der Waals surface area contributed by atoms with Crippen molar-refractivity contribution in [3.05, 3.63) is 65.7 Å². The fourth-order valence-corrected chi connectivity index (χ4v) is 3.15. The zero-order chi connectivity index (χ0) is 19.1. The Morgan fingerprint density at radius 3 is 2.19 bits per heavy atom. The standard InChI is InChI=1S/C22H26N2O3/c1-26-20-15-19(16-21(17-20)27-2)22(25)24-13-11-23(12-14-24)10-6-9-18-7-4-3-5-8-18/h3-9,15-17H,10-14H2,1-2H3/b9-6+. The van der Waals surface area contributed by atoms with Crippen molar-refractivity contribution in [1.29, 1.82) is 0 Å². The van der Waals surface area contributed by atoms with Gasteiger partial charge < -0.3 is 14.4 Å². The number of hydrogen-bond donors (Lipinski definition) is 0. The summed E-state index contributed by atoms with van der Waals surface area (Å²) in [5.41, 5.74) is 1.81. The van der Waals surface area contributed by atoms with Crippen molar-refractivity contribution in [1.82, 2.24) is 9.80 Å². The Morgan fingerprint density at radius 1 is 0.963 bits per heavy atom. The molecule has 1 heterocycles. The molecule has 1 aliphatic rings. The average Bonchev–Trinajstić information content (AvgIpc) is 2.74. The van der Waals surface area contributed by atoms with E-state index in [0.717, 1.165) is 32.7 Å². The third-order valence-corrected chi connectivity index (χ3v) is 4.73. The summed E-state index contributed by atoms with van der Waals surface area (Å²) in [4.78, 5) is 17.1. The van der Waals surface area contributed by atoms with Crippen LogP contribution in [-0.2, 0) is 0 Å². The summed E-state index contributed by atoms with van der Waals surface area (Å²) in [6.07, 6.45) is 4.32. The number of nitrogens with zero attached hydrogens (tertiary/aromatic N) is 2. The Hall–Kier alpha value is -2.79. The Bertz CT molecular complexity index is 759. The van der Waals surface area contributed by atoms with Crippen LogP contribution in [0.1, 0.15) is 15.9 Å². The van der Waals surface area contributed by atoms with Gasteiger partial charge in [-0.25, -0.2) is 0 Å². The molecule has 0 unspecified atom stereocenters. The number of piperazine rings is 1. The van der Waals surface area contributed by atoms with Gasteiger partial charge in [-0.05, 0) is 17.7 Å². The normalized spacial score (nSPS) is 15.1. The topological polar surface area (TPSA) is 42.0 Å². The van der Waals surface area contributed by atoms with Gasteiger partial charge in [-0.3, -0.25) is 9.69 Å². The molecule has 1 aliphatic heterocycles. The Kier molecular flexibility index (Phi) is 6.49. The molecule has 0 N–H and O–H groups in total. The molecule has 0 saturated carbocycles. The van der Waals surface area contributed by atoms with E-state index in [-0.39, 0.29) is 5.91 Å². The quantitative estimate of drug-likeness (QED) is 0.788. The first-order valence-electron chi connectivity index (χ1n) is 9.16. The molecular formula is C22H26N2O3. The molecule has 0 radical (unpaired) electrons. The molecular weight excluding hydrogens is 340 g/mol. The van der Waals surface area contributed by atoms with Crippen molar-refractivity contribution < 1.29 is 14.3 Å². The first-order valence-corrected chi connectivity index (χ1v) is 9.16. The van der Waals surface area contributed by atoms with Crippen molar-refractivity contribution in [2.45, 2.75) is 0 Å². The Labute approximate surface area is 160 Å². The molecule has 1 amide bonds. The summed E-state index contributed by atoms with van der Waals surface area (Å²) >= 11 is 0. The predicted octanol–water partition coefficient (Wildman–Crippen LogP) is 3.18. The Morgan fingerprint density at radius 2 is 1.59 bits per heavy atom. The van der Waals surface area contributed by atoms with Crippen LogP contribution < -0.4 is 9.47 Å². The SMILES string of the molecule is COc1cc(OC)cc(C(=O)N2CCN(C/C=C/c3ccccc3)CC2)c1. The van der Waals surface area contributed by atoms with Gasteiger partial charge in [0.05, 0.1) is 14.2 Å². The molecule has 5 heteroatoms. The molecule has 5 nitrogen and oxygen atoms in total. The second kappa shape index (κ2) is 9.24. The van der Waals surface area contributed by atoms with E-state index < -0.39 is 0 Å². The van der Waals surface area contributed by atoms with Crippen LogP contribution in [0.3, 0.4) is 0 Å². The van der Waals surface area contributed by atoms with Crippen LogP contribution in [0.2, 0.25) is 0 Å². The molecule has 142 valence electrons. The molecule has 0 spiro atoms. The summed E-state index contributed by atoms with van der Waals surface area (Å²) in [5.74, 6) is 1.27.